The summed E-state index contributed by atoms with van der Waals surface area (Å²) in [4.78, 5) is 4.89. The van der Waals surface area contributed by atoms with Crippen molar-refractivity contribution in [2.24, 2.45) is 0 Å². The molecule has 1 heterocycles. The van der Waals surface area contributed by atoms with Gasteiger partial charge in [0.15, 0.2) is 0 Å². The van der Waals surface area contributed by atoms with Gasteiger partial charge in [0.05, 0.1) is 21.1 Å². The van der Waals surface area contributed by atoms with E-state index in [1.807, 2.05) is 6.92 Å². The number of benzene rings is 1. The van der Waals surface area contributed by atoms with Gasteiger partial charge in [0.2, 0.25) is 0 Å². The van der Waals surface area contributed by atoms with Gasteiger partial charge in [-0.15, -0.1) is 11.3 Å². The molecule has 1 unspecified atom stereocenters. The van der Waals surface area contributed by atoms with Crippen molar-refractivity contribution in [3.8, 4) is 0 Å². The van der Waals surface area contributed by atoms with Crippen LogP contribution in [0.15, 0.2) is 18.2 Å². The largest absolute Gasteiger partial charge is 0.416 e. The lowest BCUT2D eigenvalue weighted by molar-refractivity contribution is -0.137. The molecule has 6 heteroatoms. The Morgan fingerprint density at radius 1 is 1.20 bits per heavy atom. The highest BCUT2D eigenvalue weighted by molar-refractivity contribution is 7.11. The third kappa shape index (κ3) is 2.86. The van der Waals surface area contributed by atoms with E-state index in [0.29, 0.717) is 21.7 Å². The summed E-state index contributed by atoms with van der Waals surface area (Å²) in [5.74, 6) is 0. The maximum atomic E-state index is 12.6. The number of nitrogens with zero attached hydrogens (tertiary/aromatic N) is 1. The zero-order chi connectivity index (χ0) is 15.1. The van der Waals surface area contributed by atoms with Crippen LogP contribution < -0.4 is 0 Å². The summed E-state index contributed by atoms with van der Waals surface area (Å²) in [5, 5.41) is 11.2. The SMILES string of the molecule is Cc1nc(C)c(C(O)c2ccc(C(F)(F)F)cc2C)s1. The Morgan fingerprint density at radius 3 is 2.30 bits per heavy atom. The molecule has 0 radical (unpaired) electrons. The van der Waals surface area contributed by atoms with E-state index in [2.05, 4.69) is 4.98 Å². The number of thiazole rings is 1. The molecule has 2 rings (SSSR count). The lowest BCUT2D eigenvalue weighted by Gasteiger charge is -2.15. The molecule has 0 aliphatic heterocycles. The second-order valence-electron chi connectivity index (χ2n) is 4.65. The highest BCUT2D eigenvalue weighted by atomic mass is 32.1. The second kappa shape index (κ2) is 5.18. The molecule has 2 aromatic rings. The van der Waals surface area contributed by atoms with E-state index in [4.69, 9.17) is 0 Å². The van der Waals surface area contributed by atoms with E-state index in [1.165, 1.54) is 17.4 Å². The Labute approximate surface area is 118 Å². The average Bonchev–Trinajstić information content (AvgIpc) is 2.66. The molecule has 1 atom stereocenters. The maximum absolute atomic E-state index is 12.6. The number of aromatic nitrogens is 1. The van der Waals surface area contributed by atoms with Crippen LogP contribution in [0.25, 0.3) is 0 Å². The van der Waals surface area contributed by atoms with Gasteiger partial charge < -0.3 is 5.11 Å². The molecule has 0 fully saturated rings. The minimum absolute atomic E-state index is 0.415. The fourth-order valence-electron chi connectivity index (χ4n) is 2.10. The van der Waals surface area contributed by atoms with E-state index < -0.39 is 17.8 Å². The number of alkyl halides is 3. The number of aliphatic hydroxyl groups is 1. The van der Waals surface area contributed by atoms with Crippen molar-refractivity contribution in [1.82, 2.24) is 4.98 Å². The smallest absolute Gasteiger partial charge is 0.383 e. The molecular weight excluding hydrogens is 287 g/mol. The molecule has 0 saturated carbocycles. The molecule has 108 valence electrons. The number of rotatable bonds is 2. The van der Waals surface area contributed by atoms with Crippen LogP contribution in [-0.4, -0.2) is 10.1 Å². The number of aryl methyl sites for hydroxylation is 3. The van der Waals surface area contributed by atoms with E-state index >= 15 is 0 Å². The maximum Gasteiger partial charge on any atom is 0.416 e. The summed E-state index contributed by atoms with van der Waals surface area (Å²) in [5.41, 5.74) is 0.894. The van der Waals surface area contributed by atoms with Crippen LogP contribution in [-0.2, 0) is 6.18 Å². The Balaban J connectivity index is 2.41. The molecule has 0 spiro atoms. The van der Waals surface area contributed by atoms with Gasteiger partial charge in [0.25, 0.3) is 0 Å². The van der Waals surface area contributed by atoms with Gasteiger partial charge in [-0.1, -0.05) is 6.07 Å². The summed E-state index contributed by atoms with van der Waals surface area (Å²) in [6, 6.07) is 3.38. The van der Waals surface area contributed by atoms with Crippen molar-refractivity contribution < 1.29 is 18.3 Å². The quantitative estimate of drug-likeness (QED) is 0.903. The van der Waals surface area contributed by atoms with Crippen LogP contribution >= 0.6 is 11.3 Å². The molecule has 1 N–H and O–H groups in total. The van der Waals surface area contributed by atoms with Gasteiger partial charge in [0, 0.05) is 0 Å². The number of hydrogen-bond acceptors (Lipinski definition) is 3. The predicted molar refractivity (Wildman–Crippen MR) is 71.8 cm³/mol. The first-order valence-corrected chi connectivity index (χ1v) is 6.81. The molecule has 0 amide bonds. The monoisotopic (exact) mass is 301 g/mol. The van der Waals surface area contributed by atoms with Crippen LogP contribution in [0.5, 0.6) is 0 Å². The number of hydrogen-bond donors (Lipinski definition) is 1. The number of aliphatic hydroxyl groups excluding tert-OH is 1. The average molecular weight is 301 g/mol. The lowest BCUT2D eigenvalue weighted by Crippen LogP contribution is -2.08. The first-order chi connectivity index (χ1) is 9.20. The lowest BCUT2D eigenvalue weighted by atomic mass is 9.99. The second-order valence-corrected chi connectivity index (χ2v) is 5.89. The van der Waals surface area contributed by atoms with E-state index in [9.17, 15) is 18.3 Å². The fraction of sp³-hybridized carbons (Fsp3) is 0.357. The third-order valence-electron chi connectivity index (χ3n) is 3.08. The number of halogens is 3. The van der Waals surface area contributed by atoms with Crippen molar-refractivity contribution in [1.29, 1.82) is 0 Å². The van der Waals surface area contributed by atoms with E-state index in [0.717, 1.165) is 17.1 Å². The Hall–Kier alpha value is -1.40. The van der Waals surface area contributed by atoms with Crippen molar-refractivity contribution in [2.75, 3.05) is 0 Å². The standard InChI is InChI=1S/C14H14F3NOS/c1-7-6-10(14(15,16)17)4-5-11(7)12(19)13-8(2)18-9(3)20-13/h4-6,12,19H,1-3H3. The minimum atomic E-state index is -4.37. The normalized spacial score (nSPS) is 13.6. The van der Waals surface area contributed by atoms with Crippen molar-refractivity contribution in [2.45, 2.75) is 33.1 Å². The van der Waals surface area contributed by atoms with Gasteiger partial charge in [-0.2, -0.15) is 13.2 Å². The zero-order valence-electron chi connectivity index (χ0n) is 11.2. The molecule has 1 aromatic carbocycles. The first kappa shape index (κ1) is 15.0. The first-order valence-electron chi connectivity index (χ1n) is 6.00. The molecule has 0 aliphatic carbocycles. The van der Waals surface area contributed by atoms with E-state index in [-0.39, 0.29) is 0 Å². The Kier molecular flexibility index (Phi) is 3.88. The molecular formula is C14H14F3NOS. The molecule has 0 bridgehead atoms. The summed E-state index contributed by atoms with van der Waals surface area (Å²) in [6.07, 6.45) is -5.31. The van der Waals surface area contributed by atoms with Crippen molar-refractivity contribution in [3.05, 3.63) is 50.5 Å². The minimum Gasteiger partial charge on any atom is -0.383 e. The van der Waals surface area contributed by atoms with Gasteiger partial charge in [-0.3, -0.25) is 0 Å². The predicted octanol–water partition coefficient (Wildman–Crippen LogP) is 4.17. The summed E-state index contributed by atoms with van der Waals surface area (Å²) >= 11 is 1.35. The van der Waals surface area contributed by atoms with Gasteiger partial charge >= 0.3 is 6.18 Å². The topological polar surface area (TPSA) is 33.1 Å². The highest BCUT2D eigenvalue weighted by Gasteiger charge is 2.31. The molecule has 2 nitrogen and oxygen atoms in total. The van der Waals surface area contributed by atoms with Crippen LogP contribution in [0, 0.1) is 20.8 Å². The Bertz CT molecular complexity index is 634. The van der Waals surface area contributed by atoms with Crippen molar-refractivity contribution in [3.63, 3.8) is 0 Å². The molecule has 20 heavy (non-hydrogen) atoms. The molecule has 0 aliphatic rings. The fourth-order valence-corrected chi connectivity index (χ4v) is 3.03. The summed E-state index contributed by atoms with van der Waals surface area (Å²) in [6.45, 7) is 5.17. The van der Waals surface area contributed by atoms with Crippen LogP contribution in [0.1, 0.15) is 38.4 Å². The van der Waals surface area contributed by atoms with Crippen molar-refractivity contribution >= 4 is 11.3 Å². The van der Waals surface area contributed by atoms with Crippen LogP contribution in [0.4, 0.5) is 13.2 Å². The summed E-state index contributed by atoms with van der Waals surface area (Å²) in [7, 11) is 0. The zero-order valence-corrected chi connectivity index (χ0v) is 12.1. The molecule has 1 aromatic heterocycles. The Morgan fingerprint density at radius 2 is 1.85 bits per heavy atom. The van der Waals surface area contributed by atoms with Crippen LogP contribution in [0.3, 0.4) is 0 Å². The third-order valence-corrected chi connectivity index (χ3v) is 4.20. The molecule has 0 saturated heterocycles. The highest BCUT2D eigenvalue weighted by Crippen LogP contribution is 2.35. The van der Waals surface area contributed by atoms with Gasteiger partial charge in [-0.05, 0) is 44.0 Å². The summed E-state index contributed by atoms with van der Waals surface area (Å²) < 4.78 is 37.9. The van der Waals surface area contributed by atoms with E-state index in [1.54, 1.807) is 13.8 Å². The van der Waals surface area contributed by atoms with Gasteiger partial charge in [-0.25, -0.2) is 4.98 Å². The van der Waals surface area contributed by atoms with Gasteiger partial charge in [0.1, 0.15) is 6.10 Å². The van der Waals surface area contributed by atoms with Crippen LogP contribution in [0.2, 0.25) is 0 Å².